The van der Waals surface area contributed by atoms with Crippen LogP contribution in [-0.4, -0.2) is 19.7 Å². The number of sulfonamides is 1. The van der Waals surface area contributed by atoms with Crippen LogP contribution in [0.3, 0.4) is 0 Å². The molecule has 0 bridgehead atoms. The van der Waals surface area contributed by atoms with Gasteiger partial charge < -0.3 is 0 Å². The fraction of sp³-hybridized carbons (Fsp3) is 0.214. The molecule has 2 aromatic rings. The maximum Gasteiger partial charge on any atom is 0.232 e. The molecule has 5 heteroatoms. The van der Waals surface area contributed by atoms with Gasteiger partial charge in [-0.25, -0.2) is 8.42 Å². The van der Waals surface area contributed by atoms with Crippen molar-refractivity contribution in [1.82, 2.24) is 4.98 Å². The van der Waals surface area contributed by atoms with Gasteiger partial charge in [-0.1, -0.05) is 18.2 Å². The van der Waals surface area contributed by atoms with Crippen LogP contribution < -0.4 is 4.31 Å². The van der Waals surface area contributed by atoms with Crippen LogP contribution in [0, 0.1) is 6.92 Å². The molecule has 100 valence electrons. The van der Waals surface area contributed by atoms with Crippen LogP contribution in [0.5, 0.6) is 0 Å². The maximum atomic E-state index is 11.9. The van der Waals surface area contributed by atoms with E-state index >= 15 is 0 Å². The summed E-state index contributed by atoms with van der Waals surface area (Å²) in [6, 6.07) is 12.9. The monoisotopic (exact) mass is 276 g/mol. The minimum absolute atomic E-state index is 0.239. The molecule has 0 radical (unpaired) electrons. The van der Waals surface area contributed by atoms with Crippen molar-refractivity contribution < 1.29 is 8.42 Å². The van der Waals surface area contributed by atoms with Gasteiger partial charge in [-0.15, -0.1) is 0 Å². The lowest BCUT2D eigenvalue weighted by atomic mass is 10.2. The second-order valence-corrected chi connectivity index (χ2v) is 6.34. The van der Waals surface area contributed by atoms with E-state index in [1.807, 2.05) is 37.3 Å². The first-order chi connectivity index (χ1) is 8.97. The predicted octanol–water partition coefficient (Wildman–Crippen LogP) is 2.36. The molecule has 1 aromatic carbocycles. The lowest BCUT2D eigenvalue weighted by molar-refractivity contribution is 0.596. The summed E-state index contributed by atoms with van der Waals surface area (Å²) in [5, 5.41) is 0. The van der Waals surface area contributed by atoms with Gasteiger partial charge in [0.25, 0.3) is 0 Å². The summed E-state index contributed by atoms with van der Waals surface area (Å²) in [4.78, 5) is 4.17. The number of aromatic nitrogens is 1. The fourth-order valence-corrected chi connectivity index (χ4v) is 2.69. The van der Waals surface area contributed by atoms with Gasteiger partial charge in [-0.2, -0.15) is 0 Å². The van der Waals surface area contributed by atoms with Gasteiger partial charge >= 0.3 is 0 Å². The molecule has 0 N–H and O–H groups in total. The molecule has 0 aliphatic rings. The highest BCUT2D eigenvalue weighted by Gasteiger charge is 2.18. The first-order valence-corrected chi connectivity index (χ1v) is 7.76. The van der Waals surface area contributed by atoms with Crippen molar-refractivity contribution in [3.8, 4) is 0 Å². The average molecular weight is 276 g/mol. The van der Waals surface area contributed by atoms with E-state index in [2.05, 4.69) is 4.98 Å². The van der Waals surface area contributed by atoms with Crippen molar-refractivity contribution in [2.75, 3.05) is 10.6 Å². The average Bonchev–Trinajstić information content (AvgIpc) is 2.36. The van der Waals surface area contributed by atoms with Gasteiger partial charge in [-0.3, -0.25) is 9.29 Å². The normalized spacial score (nSPS) is 11.3. The molecule has 2 rings (SSSR count). The summed E-state index contributed by atoms with van der Waals surface area (Å²) >= 11 is 0. The lowest BCUT2D eigenvalue weighted by Crippen LogP contribution is -2.29. The maximum absolute atomic E-state index is 11.9. The molecule has 1 heterocycles. The Morgan fingerprint density at radius 2 is 1.95 bits per heavy atom. The van der Waals surface area contributed by atoms with Crippen molar-refractivity contribution in [2.24, 2.45) is 0 Å². The van der Waals surface area contributed by atoms with E-state index in [9.17, 15) is 8.42 Å². The predicted molar refractivity (Wildman–Crippen MR) is 76.4 cm³/mol. The smallest absolute Gasteiger partial charge is 0.232 e. The van der Waals surface area contributed by atoms with Crippen molar-refractivity contribution in [3.63, 3.8) is 0 Å². The van der Waals surface area contributed by atoms with Crippen molar-refractivity contribution in [3.05, 3.63) is 59.9 Å². The Kier molecular flexibility index (Phi) is 3.85. The highest BCUT2D eigenvalue weighted by molar-refractivity contribution is 7.92. The van der Waals surface area contributed by atoms with Gasteiger partial charge in [0.2, 0.25) is 10.0 Å². The third-order valence-corrected chi connectivity index (χ3v) is 3.86. The Morgan fingerprint density at radius 3 is 2.53 bits per heavy atom. The molecule has 0 saturated heterocycles. The van der Waals surface area contributed by atoms with Crippen molar-refractivity contribution in [1.29, 1.82) is 0 Å². The van der Waals surface area contributed by atoms with Crippen LogP contribution in [0.4, 0.5) is 5.69 Å². The molecular formula is C14H16N2O2S. The molecular weight excluding hydrogens is 260 g/mol. The van der Waals surface area contributed by atoms with E-state index in [0.717, 1.165) is 11.3 Å². The number of nitrogens with zero attached hydrogens (tertiary/aromatic N) is 2. The minimum atomic E-state index is -3.34. The zero-order chi connectivity index (χ0) is 13.9. The standard InChI is InChI=1S/C14H16N2O2S/c1-12-6-5-8-14(10-12)16(19(2,17)18)11-13-7-3-4-9-15-13/h3-10H,11H2,1-2H3. The number of rotatable bonds is 4. The van der Waals surface area contributed by atoms with E-state index in [0.29, 0.717) is 5.69 Å². The highest BCUT2D eigenvalue weighted by Crippen LogP contribution is 2.20. The third-order valence-electron chi connectivity index (χ3n) is 2.72. The van der Waals surface area contributed by atoms with E-state index in [-0.39, 0.29) is 6.54 Å². The zero-order valence-corrected chi connectivity index (χ0v) is 11.8. The van der Waals surface area contributed by atoms with E-state index in [4.69, 9.17) is 0 Å². The van der Waals surface area contributed by atoms with Gasteiger partial charge in [0.15, 0.2) is 0 Å². The summed E-state index contributed by atoms with van der Waals surface area (Å²) < 4.78 is 25.3. The van der Waals surface area contributed by atoms with E-state index in [1.165, 1.54) is 10.6 Å². The largest absolute Gasteiger partial charge is 0.264 e. The van der Waals surface area contributed by atoms with E-state index in [1.54, 1.807) is 18.3 Å². The fourth-order valence-electron chi connectivity index (χ4n) is 1.82. The second kappa shape index (κ2) is 5.40. The Morgan fingerprint density at radius 1 is 1.16 bits per heavy atom. The molecule has 1 aromatic heterocycles. The molecule has 0 amide bonds. The Balaban J connectivity index is 2.38. The number of hydrogen-bond acceptors (Lipinski definition) is 3. The van der Waals surface area contributed by atoms with Crippen LogP contribution in [0.2, 0.25) is 0 Å². The molecule has 0 atom stereocenters. The molecule has 19 heavy (non-hydrogen) atoms. The minimum Gasteiger partial charge on any atom is -0.264 e. The first kappa shape index (κ1) is 13.5. The SMILES string of the molecule is Cc1cccc(N(Cc2ccccn2)S(C)(=O)=O)c1. The summed E-state index contributed by atoms with van der Waals surface area (Å²) in [5.74, 6) is 0. The van der Waals surface area contributed by atoms with Crippen LogP contribution in [0.15, 0.2) is 48.7 Å². The summed E-state index contributed by atoms with van der Waals surface area (Å²) in [6.45, 7) is 2.17. The van der Waals surface area contributed by atoms with Gasteiger partial charge in [0.1, 0.15) is 0 Å². The molecule has 4 nitrogen and oxygen atoms in total. The van der Waals surface area contributed by atoms with E-state index < -0.39 is 10.0 Å². The Labute approximate surface area is 113 Å². The number of benzene rings is 1. The topological polar surface area (TPSA) is 50.3 Å². The number of pyridine rings is 1. The van der Waals surface area contributed by atoms with Gasteiger partial charge in [-0.05, 0) is 36.8 Å². The second-order valence-electron chi connectivity index (χ2n) is 4.43. The van der Waals surface area contributed by atoms with Crippen LogP contribution >= 0.6 is 0 Å². The number of hydrogen-bond donors (Lipinski definition) is 0. The van der Waals surface area contributed by atoms with Crippen LogP contribution in [0.25, 0.3) is 0 Å². The molecule has 0 aliphatic heterocycles. The van der Waals surface area contributed by atoms with Crippen LogP contribution in [-0.2, 0) is 16.6 Å². The summed E-state index contributed by atoms with van der Waals surface area (Å²) in [5.41, 5.74) is 2.40. The molecule has 0 unspecified atom stereocenters. The molecule has 0 fully saturated rings. The number of aryl methyl sites for hydroxylation is 1. The zero-order valence-electron chi connectivity index (χ0n) is 10.9. The Hall–Kier alpha value is -1.88. The lowest BCUT2D eigenvalue weighted by Gasteiger charge is -2.22. The highest BCUT2D eigenvalue weighted by atomic mass is 32.2. The quantitative estimate of drug-likeness (QED) is 0.861. The van der Waals surface area contributed by atoms with Crippen molar-refractivity contribution in [2.45, 2.75) is 13.5 Å². The first-order valence-electron chi connectivity index (χ1n) is 5.91. The Bertz CT molecular complexity index is 654. The van der Waals surface area contributed by atoms with Gasteiger partial charge in [0.05, 0.1) is 24.2 Å². The summed E-state index contributed by atoms with van der Waals surface area (Å²) in [7, 11) is -3.34. The van der Waals surface area contributed by atoms with Crippen molar-refractivity contribution >= 4 is 15.7 Å². The molecule has 0 aliphatic carbocycles. The number of anilines is 1. The third kappa shape index (κ3) is 3.54. The molecule has 0 saturated carbocycles. The van der Waals surface area contributed by atoms with Gasteiger partial charge in [0, 0.05) is 6.20 Å². The van der Waals surface area contributed by atoms with Crippen LogP contribution in [0.1, 0.15) is 11.3 Å². The molecule has 0 spiro atoms. The summed E-state index contributed by atoms with van der Waals surface area (Å²) in [6.07, 6.45) is 2.87.